The number of hydrogen-bond donors (Lipinski definition) is 2. The Labute approximate surface area is 112 Å². The monoisotopic (exact) mass is 342 g/mol. The molecule has 3 N–H and O–H groups in total. The second-order valence-corrected chi connectivity index (χ2v) is 5.38. The Morgan fingerprint density at radius 3 is 3.06 bits per heavy atom. The number of benzene rings is 1. The molecule has 0 spiro atoms. The molecule has 1 amide bonds. The lowest BCUT2D eigenvalue weighted by Gasteiger charge is -2.12. The number of nitrogens with one attached hydrogen (secondary N) is 1. The van der Waals surface area contributed by atoms with Crippen LogP contribution >= 0.6 is 22.6 Å². The van der Waals surface area contributed by atoms with Crippen molar-refractivity contribution in [3.8, 4) is 0 Å². The van der Waals surface area contributed by atoms with E-state index in [2.05, 4.69) is 32.9 Å². The zero-order valence-corrected chi connectivity index (χ0v) is 11.1. The predicted octanol–water partition coefficient (Wildman–Crippen LogP) is 1.28. The molecule has 17 heavy (non-hydrogen) atoms. The van der Waals surface area contributed by atoms with Crippen LogP contribution in [0.1, 0.15) is 12.5 Å². The van der Waals surface area contributed by atoms with E-state index in [0.717, 1.165) is 14.6 Å². The summed E-state index contributed by atoms with van der Waals surface area (Å²) in [6.07, 6.45) is 0.474. The molecular formula is C11H11IN4O. The van der Waals surface area contributed by atoms with Crippen molar-refractivity contribution in [2.24, 2.45) is 0 Å². The van der Waals surface area contributed by atoms with Crippen molar-refractivity contribution < 1.29 is 4.79 Å². The molecule has 0 saturated carbocycles. The van der Waals surface area contributed by atoms with Crippen molar-refractivity contribution in [3.05, 3.63) is 21.8 Å². The number of imidazole rings is 1. The molecule has 3 rings (SSSR count). The molecule has 0 aliphatic carbocycles. The number of halogens is 1. The van der Waals surface area contributed by atoms with Gasteiger partial charge in [-0.15, -0.1) is 0 Å². The van der Waals surface area contributed by atoms with E-state index >= 15 is 0 Å². The van der Waals surface area contributed by atoms with Crippen molar-refractivity contribution in [1.82, 2.24) is 14.9 Å². The fourth-order valence-electron chi connectivity index (χ4n) is 2.25. The first kappa shape index (κ1) is 10.8. The summed E-state index contributed by atoms with van der Waals surface area (Å²) >= 11 is 2.24. The van der Waals surface area contributed by atoms with E-state index in [-0.39, 0.29) is 11.9 Å². The third-order valence-corrected chi connectivity index (χ3v) is 3.67. The van der Waals surface area contributed by atoms with Gasteiger partial charge in [0.05, 0.1) is 17.1 Å². The number of fused-ring (bicyclic) bond motifs is 1. The maximum Gasteiger partial charge on any atom is 0.222 e. The van der Waals surface area contributed by atoms with Crippen LogP contribution in [0.3, 0.4) is 0 Å². The standard InChI is InChI=1S/C11H11IN4O/c12-6-1-2-9-8(3-6)15-11(13)16(9)7-4-10(17)14-5-7/h1-3,7H,4-5H2,(H2,13,15)(H,14,17). The predicted molar refractivity (Wildman–Crippen MR) is 73.5 cm³/mol. The van der Waals surface area contributed by atoms with Gasteiger partial charge in [-0.25, -0.2) is 4.98 Å². The summed E-state index contributed by atoms with van der Waals surface area (Å²) in [5.74, 6) is 0.547. The van der Waals surface area contributed by atoms with Gasteiger partial charge in [0.2, 0.25) is 11.9 Å². The quantitative estimate of drug-likeness (QED) is 0.767. The normalized spacial score (nSPS) is 19.8. The Kier molecular flexibility index (Phi) is 2.46. The van der Waals surface area contributed by atoms with Gasteiger partial charge in [-0.2, -0.15) is 0 Å². The Balaban J connectivity index is 2.15. The van der Waals surface area contributed by atoms with Crippen LogP contribution < -0.4 is 11.1 Å². The smallest absolute Gasteiger partial charge is 0.222 e. The van der Waals surface area contributed by atoms with Crippen molar-refractivity contribution in [3.63, 3.8) is 0 Å². The van der Waals surface area contributed by atoms with Gasteiger partial charge in [0.25, 0.3) is 0 Å². The fraction of sp³-hybridized carbons (Fsp3) is 0.273. The molecule has 0 bridgehead atoms. The maximum atomic E-state index is 11.3. The average Bonchev–Trinajstić information content (AvgIpc) is 2.80. The van der Waals surface area contributed by atoms with Gasteiger partial charge in [0, 0.05) is 16.5 Å². The number of hydrogen-bond acceptors (Lipinski definition) is 3. The number of carbonyl (C=O) groups excluding carboxylic acids is 1. The molecule has 1 aromatic carbocycles. The van der Waals surface area contributed by atoms with Gasteiger partial charge in [0.1, 0.15) is 0 Å². The van der Waals surface area contributed by atoms with Crippen molar-refractivity contribution >= 4 is 45.5 Å². The van der Waals surface area contributed by atoms with E-state index in [1.165, 1.54) is 0 Å². The molecule has 6 heteroatoms. The largest absolute Gasteiger partial charge is 0.369 e. The molecule has 88 valence electrons. The van der Waals surface area contributed by atoms with Crippen LogP contribution in [0, 0.1) is 3.57 Å². The first-order valence-corrected chi connectivity index (χ1v) is 6.42. The topological polar surface area (TPSA) is 72.9 Å². The molecule has 1 aromatic heterocycles. The lowest BCUT2D eigenvalue weighted by atomic mass is 10.2. The van der Waals surface area contributed by atoms with E-state index in [1.807, 2.05) is 22.8 Å². The summed E-state index contributed by atoms with van der Waals surface area (Å²) in [7, 11) is 0. The van der Waals surface area contributed by atoms with Crippen LogP contribution in [0.4, 0.5) is 5.95 Å². The third-order valence-electron chi connectivity index (χ3n) is 3.00. The van der Waals surface area contributed by atoms with Crippen LogP contribution in [0.2, 0.25) is 0 Å². The second-order valence-electron chi connectivity index (χ2n) is 4.14. The Hall–Kier alpha value is -1.31. The molecule has 2 aromatic rings. The minimum absolute atomic E-state index is 0.0711. The molecule has 2 heterocycles. The number of rotatable bonds is 1. The van der Waals surface area contributed by atoms with Gasteiger partial charge in [-0.05, 0) is 40.8 Å². The Morgan fingerprint density at radius 2 is 2.35 bits per heavy atom. The first-order valence-electron chi connectivity index (χ1n) is 5.35. The van der Waals surface area contributed by atoms with Crippen LogP contribution in [-0.4, -0.2) is 22.0 Å². The molecular weight excluding hydrogens is 331 g/mol. The summed E-state index contributed by atoms with van der Waals surface area (Å²) in [5, 5.41) is 2.82. The van der Waals surface area contributed by atoms with Gasteiger partial charge in [0.15, 0.2) is 0 Å². The lowest BCUT2D eigenvalue weighted by molar-refractivity contribution is -0.119. The highest BCUT2D eigenvalue weighted by atomic mass is 127. The summed E-state index contributed by atoms with van der Waals surface area (Å²) in [4.78, 5) is 15.6. The van der Waals surface area contributed by atoms with Crippen molar-refractivity contribution in [2.75, 3.05) is 12.3 Å². The number of carbonyl (C=O) groups is 1. The highest BCUT2D eigenvalue weighted by molar-refractivity contribution is 14.1. The van der Waals surface area contributed by atoms with Crippen LogP contribution in [0.25, 0.3) is 11.0 Å². The highest BCUT2D eigenvalue weighted by Crippen LogP contribution is 2.27. The van der Waals surface area contributed by atoms with Crippen LogP contribution in [0.15, 0.2) is 18.2 Å². The van der Waals surface area contributed by atoms with Gasteiger partial charge in [-0.3, -0.25) is 4.79 Å². The molecule has 1 aliphatic heterocycles. The van der Waals surface area contributed by atoms with Gasteiger partial charge >= 0.3 is 0 Å². The zero-order valence-electron chi connectivity index (χ0n) is 8.98. The zero-order chi connectivity index (χ0) is 12.0. The Morgan fingerprint density at radius 1 is 1.53 bits per heavy atom. The molecule has 1 unspecified atom stereocenters. The maximum absolute atomic E-state index is 11.3. The average molecular weight is 342 g/mol. The van der Waals surface area contributed by atoms with E-state index in [4.69, 9.17) is 5.73 Å². The highest BCUT2D eigenvalue weighted by Gasteiger charge is 2.26. The van der Waals surface area contributed by atoms with Crippen molar-refractivity contribution in [1.29, 1.82) is 0 Å². The summed E-state index contributed by atoms with van der Waals surface area (Å²) in [6.45, 7) is 0.625. The minimum atomic E-state index is 0.0711. The van der Waals surface area contributed by atoms with E-state index in [0.29, 0.717) is 18.9 Å². The molecule has 1 fully saturated rings. The first-order chi connectivity index (χ1) is 8.15. The Bertz CT molecular complexity index is 607. The van der Waals surface area contributed by atoms with Crippen LogP contribution in [-0.2, 0) is 4.79 Å². The third kappa shape index (κ3) is 1.76. The number of amides is 1. The molecule has 1 atom stereocenters. The van der Waals surface area contributed by atoms with E-state index < -0.39 is 0 Å². The summed E-state index contributed by atoms with van der Waals surface area (Å²) < 4.78 is 3.07. The van der Waals surface area contributed by atoms with E-state index in [9.17, 15) is 4.79 Å². The fourth-order valence-corrected chi connectivity index (χ4v) is 2.72. The second kappa shape index (κ2) is 3.86. The summed E-state index contributed by atoms with van der Waals surface area (Å²) in [6, 6.07) is 6.09. The van der Waals surface area contributed by atoms with Crippen LogP contribution in [0.5, 0.6) is 0 Å². The van der Waals surface area contributed by atoms with Crippen molar-refractivity contribution in [2.45, 2.75) is 12.5 Å². The number of aromatic nitrogens is 2. The van der Waals surface area contributed by atoms with E-state index in [1.54, 1.807) is 0 Å². The molecule has 0 radical (unpaired) electrons. The molecule has 1 saturated heterocycles. The summed E-state index contributed by atoms with van der Waals surface area (Å²) in [5.41, 5.74) is 7.81. The number of anilines is 1. The SMILES string of the molecule is Nc1nc2cc(I)ccc2n1C1CNC(=O)C1. The lowest BCUT2D eigenvalue weighted by Crippen LogP contribution is -2.16. The van der Waals surface area contributed by atoms with Gasteiger partial charge in [-0.1, -0.05) is 0 Å². The number of nitrogens with zero attached hydrogens (tertiary/aromatic N) is 2. The number of nitrogens with two attached hydrogens (primary N) is 1. The minimum Gasteiger partial charge on any atom is -0.369 e. The van der Waals surface area contributed by atoms with Gasteiger partial charge < -0.3 is 15.6 Å². The molecule has 1 aliphatic rings. The molecule has 5 nitrogen and oxygen atoms in total. The number of nitrogen functional groups attached to an aromatic ring is 1.